The minimum atomic E-state index is -0.917. The Morgan fingerprint density at radius 2 is 1.94 bits per heavy atom. The number of carbonyl (C=O) groups is 1. The summed E-state index contributed by atoms with van der Waals surface area (Å²) in [6, 6.07) is 14.7. The van der Waals surface area contributed by atoms with Crippen LogP contribution in [-0.2, 0) is 6.54 Å². The second-order valence-corrected chi connectivity index (χ2v) is 4.69. The van der Waals surface area contributed by atoms with Crippen LogP contribution in [0.5, 0.6) is 0 Å². The molecular weight excluding hydrogens is 294 g/mol. The Hall–Kier alpha value is -1.81. The maximum atomic E-state index is 10.8. The molecule has 2 N–H and O–H groups in total. The van der Waals surface area contributed by atoms with Crippen molar-refractivity contribution >= 4 is 27.6 Å². The molecule has 0 atom stereocenters. The number of halogens is 1. The molecule has 4 heteroatoms. The molecule has 0 amide bonds. The van der Waals surface area contributed by atoms with Crippen molar-refractivity contribution in [1.82, 2.24) is 0 Å². The van der Waals surface area contributed by atoms with Crippen LogP contribution in [0.1, 0.15) is 15.9 Å². The van der Waals surface area contributed by atoms with E-state index >= 15 is 0 Å². The topological polar surface area (TPSA) is 49.3 Å². The van der Waals surface area contributed by atoms with Crippen molar-refractivity contribution in [3.63, 3.8) is 0 Å². The normalized spacial score (nSPS) is 10.1. The molecule has 2 aromatic carbocycles. The van der Waals surface area contributed by atoms with Gasteiger partial charge in [0, 0.05) is 16.7 Å². The Bertz CT molecular complexity index is 569. The van der Waals surface area contributed by atoms with Crippen LogP contribution in [0.15, 0.2) is 53.0 Å². The van der Waals surface area contributed by atoms with E-state index in [9.17, 15) is 4.79 Å². The lowest BCUT2D eigenvalue weighted by molar-refractivity contribution is 0.0697. The fourth-order valence-corrected chi connectivity index (χ4v) is 2.03. The van der Waals surface area contributed by atoms with E-state index in [1.165, 1.54) is 0 Å². The molecule has 0 aliphatic rings. The average molecular weight is 306 g/mol. The smallest absolute Gasteiger partial charge is 0.335 e. The van der Waals surface area contributed by atoms with E-state index in [-0.39, 0.29) is 5.56 Å². The highest BCUT2D eigenvalue weighted by Gasteiger charge is 2.03. The second kappa shape index (κ2) is 5.69. The monoisotopic (exact) mass is 305 g/mol. The Kier molecular flexibility index (Phi) is 3.99. The third-order valence-corrected chi connectivity index (χ3v) is 3.32. The lowest BCUT2D eigenvalue weighted by Gasteiger charge is -2.08. The zero-order valence-corrected chi connectivity index (χ0v) is 11.1. The van der Waals surface area contributed by atoms with E-state index in [1.807, 2.05) is 30.3 Å². The molecule has 2 rings (SSSR count). The Labute approximate surface area is 114 Å². The fourth-order valence-electron chi connectivity index (χ4n) is 1.60. The first-order chi connectivity index (χ1) is 8.66. The van der Waals surface area contributed by atoms with Gasteiger partial charge in [-0.25, -0.2) is 4.79 Å². The summed E-state index contributed by atoms with van der Waals surface area (Å²) >= 11 is 3.47. The minimum Gasteiger partial charge on any atom is -0.478 e. The maximum Gasteiger partial charge on any atom is 0.335 e. The third-order valence-electron chi connectivity index (χ3n) is 2.55. The van der Waals surface area contributed by atoms with Crippen LogP contribution in [0, 0.1) is 0 Å². The SMILES string of the molecule is O=C(O)c1cccc(NCc2ccccc2Br)c1. The molecule has 0 saturated carbocycles. The maximum absolute atomic E-state index is 10.8. The summed E-state index contributed by atoms with van der Waals surface area (Å²) in [7, 11) is 0. The van der Waals surface area contributed by atoms with Crippen molar-refractivity contribution in [2.75, 3.05) is 5.32 Å². The molecular formula is C14H12BrNO2. The highest BCUT2D eigenvalue weighted by Crippen LogP contribution is 2.18. The van der Waals surface area contributed by atoms with Gasteiger partial charge in [0.25, 0.3) is 0 Å². The van der Waals surface area contributed by atoms with Crippen molar-refractivity contribution in [2.24, 2.45) is 0 Å². The van der Waals surface area contributed by atoms with Crippen molar-refractivity contribution in [3.8, 4) is 0 Å². The molecule has 0 bridgehead atoms. The van der Waals surface area contributed by atoms with E-state index < -0.39 is 5.97 Å². The average Bonchev–Trinajstić information content (AvgIpc) is 2.38. The summed E-state index contributed by atoms with van der Waals surface area (Å²) in [5.74, 6) is -0.917. The predicted octanol–water partition coefficient (Wildman–Crippen LogP) is 3.76. The molecule has 3 nitrogen and oxygen atoms in total. The van der Waals surface area contributed by atoms with E-state index in [2.05, 4.69) is 21.2 Å². The zero-order chi connectivity index (χ0) is 13.0. The number of rotatable bonds is 4. The van der Waals surface area contributed by atoms with Gasteiger partial charge in [-0.1, -0.05) is 40.2 Å². The first-order valence-electron chi connectivity index (χ1n) is 5.47. The van der Waals surface area contributed by atoms with Gasteiger partial charge >= 0.3 is 5.97 Å². The summed E-state index contributed by atoms with van der Waals surface area (Å²) < 4.78 is 1.03. The predicted molar refractivity (Wildman–Crippen MR) is 74.9 cm³/mol. The Morgan fingerprint density at radius 1 is 1.17 bits per heavy atom. The highest BCUT2D eigenvalue weighted by atomic mass is 79.9. The molecule has 18 heavy (non-hydrogen) atoms. The number of anilines is 1. The number of carboxylic acid groups (broad SMARTS) is 1. The molecule has 92 valence electrons. The quantitative estimate of drug-likeness (QED) is 0.904. The summed E-state index contributed by atoms with van der Waals surface area (Å²) in [6.07, 6.45) is 0. The van der Waals surface area contributed by atoms with Crippen LogP contribution in [0.3, 0.4) is 0 Å². The van der Waals surface area contributed by atoms with Crippen LogP contribution in [-0.4, -0.2) is 11.1 Å². The molecule has 0 aliphatic heterocycles. The Balaban J connectivity index is 2.09. The number of nitrogens with one attached hydrogen (secondary N) is 1. The van der Waals surface area contributed by atoms with Crippen molar-refractivity contribution in [1.29, 1.82) is 0 Å². The largest absolute Gasteiger partial charge is 0.478 e. The molecule has 0 unspecified atom stereocenters. The van der Waals surface area contributed by atoms with Gasteiger partial charge in [-0.05, 0) is 29.8 Å². The zero-order valence-electron chi connectivity index (χ0n) is 9.56. The molecule has 0 heterocycles. The number of hydrogen-bond acceptors (Lipinski definition) is 2. The van der Waals surface area contributed by atoms with Crippen molar-refractivity contribution in [3.05, 3.63) is 64.1 Å². The lowest BCUT2D eigenvalue weighted by Crippen LogP contribution is -2.02. The van der Waals surface area contributed by atoms with E-state index in [4.69, 9.17) is 5.11 Å². The molecule has 0 saturated heterocycles. The first-order valence-corrected chi connectivity index (χ1v) is 6.27. The number of hydrogen-bond donors (Lipinski definition) is 2. The van der Waals surface area contributed by atoms with Crippen molar-refractivity contribution in [2.45, 2.75) is 6.54 Å². The van der Waals surface area contributed by atoms with Gasteiger partial charge in [-0.15, -0.1) is 0 Å². The van der Waals surface area contributed by atoms with Gasteiger partial charge in [-0.2, -0.15) is 0 Å². The van der Waals surface area contributed by atoms with Crippen LogP contribution in [0.4, 0.5) is 5.69 Å². The van der Waals surface area contributed by atoms with E-state index in [0.29, 0.717) is 6.54 Å². The van der Waals surface area contributed by atoms with Gasteiger partial charge < -0.3 is 10.4 Å². The highest BCUT2D eigenvalue weighted by molar-refractivity contribution is 9.10. The van der Waals surface area contributed by atoms with Gasteiger partial charge in [0.1, 0.15) is 0 Å². The minimum absolute atomic E-state index is 0.284. The fraction of sp³-hybridized carbons (Fsp3) is 0.0714. The number of aromatic carboxylic acids is 1. The van der Waals surface area contributed by atoms with Crippen LogP contribution < -0.4 is 5.32 Å². The summed E-state index contributed by atoms with van der Waals surface area (Å²) in [4.78, 5) is 10.8. The summed E-state index contributed by atoms with van der Waals surface area (Å²) in [6.45, 7) is 0.643. The molecule has 0 aliphatic carbocycles. The molecule has 0 fully saturated rings. The summed E-state index contributed by atoms with van der Waals surface area (Å²) in [5, 5.41) is 12.1. The second-order valence-electron chi connectivity index (χ2n) is 3.83. The molecule has 0 aromatic heterocycles. The molecule has 0 spiro atoms. The number of carboxylic acids is 1. The Morgan fingerprint density at radius 3 is 2.67 bits per heavy atom. The van der Waals surface area contributed by atoms with Gasteiger partial charge in [0.15, 0.2) is 0 Å². The van der Waals surface area contributed by atoms with Gasteiger partial charge in [-0.3, -0.25) is 0 Å². The van der Waals surface area contributed by atoms with Gasteiger partial charge in [0.05, 0.1) is 5.56 Å². The van der Waals surface area contributed by atoms with Crippen LogP contribution in [0.25, 0.3) is 0 Å². The van der Waals surface area contributed by atoms with Gasteiger partial charge in [0.2, 0.25) is 0 Å². The standard InChI is InChI=1S/C14H12BrNO2/c15-13-7-2-1-4-11(13)9-16-12-6-3-5-10(8-12)14(17)18/h1-8,16H,9H2,(H,17,18). The number of benzene rings is 2. The summed E-state index contributed by atoms with van der Waals surface area (Å²) in [5.41, 5.74) is 2.20. The third kappa shape index (κ3) is 3.11. The molecule has 0 radical (unpaired) electrons. The van der Waals surface area contributed by atoms with Crippen molar-refractivity contribution < 1.29 is 9.90 Å². The van der Waals surface area contributed by atoms with E-state index in [1.54, 1.807) is 18.2 Å². The first kappa shape index (κ1) is 12.6. The molecule has 2 aromatic rings. The van der Waals surface area contributed by atoms with Crippen LogP contribution in [0.2, 0.25) is 0 Å². The van der Waals surface area contributed by atoms with E-state index in [0.717, 1.165) is 15.7 Å². The van der Waals surface area contributed by atoms with Crippen LogP contribution >= 0.6 is 15.9 Å². The lowest BCUT2D eigenvalue weighted by atomic mass is 10.2.